The molecule has 1 N–H and O–H groups in total. The van der Waals surface area contributed by atoms with E-state index in [0.29, 0.717) is 6.61 Å². The van der Waals surface area contributed by atoms with E-state index in [1.54, 1.807) is 0 Å². The topological polar surface area (TPSA) is 46.5 Å². The van der Waals surface area contributed by atoms with E-state index in [-0.39, 0.29) is 18.3 Å². The van der Waals surface area contributed by atoms with Crippen LogP contribution in [0.15, 0.2) is 0 Å². The molecule has 0 spiro atoms. The quantitative estimate of drug-likeness (QED) is 0.539. The molecule has 1 fully saturated rings. The lowest BCUT2D eigenvalue weighted by Crippen LogP contribution is -2.34. The van der Waals surface area contributed by atoms with Crippen molar-refractivity contribution in [1.82, 2.24) is 0 Å². The summed E-state index contributed by atoms with van der Waals surface area (Å²) in [6.45, 7) is 2.36. The molecule has 0 saturated carbocycles. The summed E-state index contributed by atoms with van der Waals surface area (Å²) in [5.41, 5.74) is 0. The molecular weight excluding hydrogens is 132 g/mol. The van der Waals surface area contributed by atoms with Crippen molar-refractivity contribution in [2.45, 2.75) is 25.9 Å². The van der Waals surface area contributed by atoms with Gasteiger partial charge >= 0.3 is 5.97 Å². The highest BCUT2D eigenvalue weighted by molar-refractivity contribution is 5.70. The Hall–Kier alpha value is -0.570. The second-order valence-electron chi connectivity index (χ2n) is 2.62. The second kappa shape index (κ2) is 3.01. The molecule has 1 rings (SSSR count). The third kappa shape index (κ3) is 1.48. The van der Waals surface area contributed by atoms with E-state index in [0.717, 1.165) is 6.42 Å². The number of cyclic esters (lactones) is 1. The van der Waals surface area contributed by atoms with Crippen LogP contribution < -0.4 is 0 Å². The predicted molar refractivity (Wildman–Crippen MR) is 35.4 cm³/mol. The highest BCUT2D eigenvalue weighted by Gasteiger charge is 2.27. The minimum atomic E-state index is -0.480. The Labute approximate surface area is 60.0 Å². The van der Waals surface area contributed by atoms with Gasteiger partial charge in [-0.15, -0.1) is 0 Å². The molecule has 1 heterocycles. The third-order valence-corrected chi connectivity index (χ3v) is 1.90. The van der Waals surface area contributed by atoms with Crippen molar-refractivity contribution in [3.63, 3.8) is 0 Å². The maximum Gasteiger partial charge on any atom is 0.308 e. The summed E-state index contributed by atoms with van der Waals surface area (Å²) in [5, 5.41) is 9.24. The summed E-state index contributed by atoms with van der Waals surface area (Å²) in [6, 6.07) is 0. The van der Waals surface area contributed by atoms with Crippen LogP contribution >= 0.6 is 0 Å². The van der Waals surface area contributed by atoms with Crippen molar-refractivity contribution in [2.24, 2.45) is 5.92 Å². The summed E-state index contributed by atoms with van der Waals surface area (Å²) < 4.78 is 4.75. The van der Waals surface area contributed by atoms with E-state index in [2.05, 4.69) is 0 Å². The van der Waals surface area contributed by atoms with Crippen LogP contribution in [0, 0.1) is 5.92 Å². The molecule has 2 atom stereocenters. The van der Waals surface area contributed by atoms with E-state index < -0.39 is 6.10 Å². The number of aliphatic hydroxyl groups excluding tert-OH is 1. The fourth-order valence-electron chi connectivity index (χ4n) is 1.10. The van der Waals surface area contributed by atoms with Gasteiger partial charge in [-0.05, 0) is 6.42 Å². The van der Waals surface area contributed by atoms with Gasteiger partial charge in [0, 0.05) is 5.92 Å². The first-order valence-corrected chi connectivity index (χ1v) is 3.57. The Balaban J connectivity index is 2.43. The van der Waals surface area contributed by atoms with Crippen molar-refractivity contribution >= 4 is 5.97 Å². The van der Waals surface area contributed by atoms with Crippen molar-refractivity contribution < 1.29 is 14.6 Å². The number of esters is 1. The van der Waals surface area contributed by atoms with Crippen molar-refractivity contribution in [3.05, 3.63) is 0 Å². The van der Waals surface area contributed by atoms with Gasteiger partial charge in [0.05, 0.1) is 19.1 Å². The van der Waals surface area contributed by atoms with E-state index in [1.807, 2.05) is 6.92 Å². The molecule has 3 nitrogen and oxygen atoms in total. The van der Waals surface area contributed by atoms with Crippen LogP contribution in [-0.4, -0.2) is 23.8 Å². The van der Waals surface area contributed by atoms with Crippen LogP contribution in [0.1, 0.15) is 19.8 Å². The van der Waals surface area contributed by atoms with Crippen LogP contribution in [-0.2, 0) is 9.53 Å². The molecule has 10 heavy (non-hydrogen) atoms. The van der Waals surface area contributed by atoms with E-state index in [4.69, 9.17) is 4.74 Å². The predicted octanol–water partition coefficient (Wildman–Crippen LogP) is 0.320. The van der Waals surface area contributed by atoms with Gasteiger partial charge in [0.1, 0.15) is 0 Å². The Morgan fingerprint density at radius 3 is 3.00 bits per heavy atom. The molecule has 0 aromatic rings. The van der Waals surface area contributed by atoms with E-state index in [1.165, 1.54) is 0 Å². The summed E-state index contributed by atoms with van der Waals surface area (Å²) >= 11 is 0. The van der Waals surface area contributed by atoms with Gasteiger partial charge in [-0.25, -0.2) is 0 Å². The maximum atomic E-state index is 10.6. The first-order chi connectivity index (χ1) is 4.74. The van der Waals surface area contributed by atoms with Gasteiger partial charge in [0.25, 0.3) is 0 Å². The highest BCUT2D eigenvalue weighted by Crippen LogP contribution is 2.17. The van der Waals surface area contributed by atoms with Gasteiger partial charge in [-0.1, -0.05) is 6.92 Å². The molecule has 0 bridgehead atoms. The van der Waals surface area contributed by atoms with Gasteiger partial charge < -0.3 is 9.84 Å². The van der Waals surface area contributed by atoms with Crippen molar-refractivity contribution in [1.29, 1.82) is 0 Å². The largest absolute Gasteiger partial charge is 0.465 e. The first kappa shape index (κ1) is 7.54. The lowest BCUT2D eigenvalue weighted by atomic mass is 9.96. The molecule has 0 unspecified atom stereocenters. The number of carbonyl (C=O) groups excluding carboxylic acids is 1. The molecule has 0 amide bonds. The maximum absolute atomic E-state index is 10.6. The number of aliphatic hydroxyl groups is 1. The Kier molecular flexibility index (Phi) is 2.27. The van der Waals surface area contributed by atoms with Crippen LogP contribution in [0.5, 0.6) is 0 Å². The fourth-order valence-corrected chi connectivity index (χ4v) is 1.10. The average molecular weight is 144 g/mol. The SMILES string of the molecule is CC[C@H]1COC(=O)C[C@H]1O. The van der Waals surface area contributed by atoms with E-state index in [9.17, 15) is 9.90 Å². The van der Waals surface area contributed by atoms with Crippen molar-refractivity contribution in [3.8, 4) is 0 Å². The zero-order valence-electron chi connectivity index (χ0n) is 6.04. The van der Waals surface area contributed by atoms with Gasteiger partial charge in [0.15, 0.2) is 0 Å². The molecule has 0 aromatic carbocycles. The minimum Gasteiger partial charge on any atom is -0.465 e. The van der Waals surface area contributed by atoms with Crippen LogP contribution in [0.3, 0.4) is 0 Å². The van der Waals surface area contributed by atoms with Crippen molar-refractivity contribution in [2.75, 3.05) is 6.61 Å². The number of ether oxygens (including phenoxy) is 1. The lowest BCUT2D eigenvalue weighted by Gasteiger charge is -2.25. The summed E-state index contributed by atoms with van der Waals surface area (Å²) in [4.78, 5) is 10.6. The van der Waals surface area contributed by atoms with Gasteiger partial charge in [-0.3, -0.25) is 4.79 Å². The molecule has 0 radical (unpaired) electrons. The molecule has 58 valence electrons. The molecule has 0 aliphatic carbocycles. The standard InChI is InChI=1S/C7H12O3/c1-2-5-4-10-7(9)3-6(5)8/h5-6,8H,2-4H2,1H3/t5-,6+/m0/s1. The zero-order valence-corrected chi connectivity index (χ0v) is 6.04. The van der Waals surface area contributed by atoms with Crippen LogP contribution in [0.2, 0.25) is 0 Å². The molecule has 1 saturated heterocycles. The molecular formula is C7H12O3. The van der Waals surface area contributed by atoms with Crippen LogP contribution in [0.4, 0.5) is 0 Å². The summed E-state index contributed by atoms with van der Waals surface area (Å²) in [6.07, 6.45) is 0.554. The number of carbonyl (C=O) groups is 1. The molecule has 1 aliphatic rings. The first-order valence-electron chi connectivity index (χ1n) is 3.57. The number of rotatable bonds is 1. The lowest BCUT2D eigenvalue weighted by molar-refractivity contribution is -0.156. The van der Waals surface area contributed by atoms with Crippen LogP contribution in [0.25, 0.3) is 0 Å². The Morgan fingerprint density at radius 1 is 1.80 bits per heavy atom. The molecule has 3 heteroatoms. The normalized spacial score (nSPS) is 33.6. The Bertz CT molecular complexity index is 133. The fraction of sp³-hybridized carbons (Fsp3) is 0.857. The summed E-state index contributed by atoms with van der Waals surface area (Å²) in [5.74, 6) is -0.130. The smallest absolute Gasteiger partial charge is 0.308 e. The van der Waals surface area contributed by atoms with Gasteiger partial charge in [0.2, 0.25) is 0 Å². The average Bonchev–Trinajstić information content (AvgIpc) is 1.88. The summed E-state index contributed by atoms with van der Waals surface area (Å²) in [7, 11) is 0. The third-order valence-electron chi connectivity index (χ3n) is 1.90. The highest BCUT2D eigenvalue weighted by atomic mass is 16.5. The van der Waals surface area contributed by atoms with Gasteiger partial charge in [-0.2, -0.15) is 0 Å². The zero-order chi connectivity index (χ0) is 7.56. The number of hydrogen-bond acceptors (Lipinski definition) is 3. The molecule has 0 aromatic heterocycles. The minimum absolute atomic E-state index is 0.151. The number of hydrogen-bond donors (Lipinski definition) is 1. The molecule has 1 aliphatic heterocycles. The monoisotopic (exact) mass is 144 g/mol. The Morgan fingerprint density at radius 2 is 2.50 bits per heavy atom. The van der Waals surface area contributed by atoms with E-state index >= 15 is 0 Å². The second-order valence-corrected chi connectivity index (χ2v) is 2.62.